The van der Waals surface area contributed by atoms with Gasteiger partial charge in [-0.3, -0.25) is 0 Å². The van der Waals surface area contributed by atoms with E-state index in [1.807, 2.05) is 24.3 Å². The van der Waals surface area contributed by atoms with Crippen molar-refractivity contribution in [2.24, 2.45) is 0 Å². The average molecular weight is 276 g/mol. The predicted molar refractivity (Wildman–Crippen MR) is 79.5 cm³/mol. The van der Waals surface area contributed by atoms with Gasteiger partial charge in [0.1, 0.15) is 11.6 Å². The van der Waals surface area contributed by atoms with Crippen LogP contribution < -0.4 is 10.1 Å². The summed E-state index contributed by atoms with van der Waals surface area (Å²) in [6, 6.07) is 7.91. The molecule has 2 rings (SSSR count). The molecule has 0 spiro atoms. The first-order chi connectivity index (χ1) is 9.85. The summed E-state index contributed by atoms with van der Waals surface area (Å²) in [6.07, 6.45) is 1.79. The quantitative estimate of drug-likeness (QED) is 0.750. The topological polar surface area (TPSA) is 52.6 Å². The monoisotopic (exact) mass is 276 g/mol. The second-order valence-corrected chi connectivity index (χ2v) is 4.28. The van der Waals surface area contributed by atoms with Gasteiger partial charge in [0.25, 0.3) is 0 Å². The van der Waals surface area contributed by atoms with E-state index in [1.165, 1.54) is 0 Å². The van der Waals surface area contributed by atoms with Gasteiger partial charge < -0.3 is 19.5 Å². The molecule has 20 heavy (non-hydrogen) atoms. The van der Waals surface area contributed by atoms with Crippen molar-refractivity contribution >= 4 is 16.6 Å². The molecule has 1 N–H and O–H groups in total. The number of rotatable bonds is 8. The van der Waals surface area contributed by atoms with Crippen LogP contribution in [-0.2, 0) is 9.47 Å². The average Bonchev–Trinajstić information content (AvgIpc) is 2.50. The van der Waals surface area contributed by atoms with Crippen molar-refractivity contribution in [2.45, 2.75) is 0 Å². The summed E-state index contributed by atoms with van der Waals surface area (Å²) in [5, 5.41) is 5.46. The molecule has 0 aliphatic carbocycles. The van der Waals surface area contributed by atoms with Crippen molar-refractivity contribution in [1.82, 2.24) is 4.98 Å². The summed E-state index contributed by atoms with van der Waals surface area (Å²) in [5.41, 5.74) is 0. The minimum Gasteiger partial charge on any atom is -0.497 e. The lowest BCUT2D eigenvalue weighted by molar-refractivity contribution is 0.0759. The van der Waals surface area contributed by atoms with Crippen molar-refractivity contribution in [3.05, 3.63) is 30.5 Å². The minimum absolute atomic E-state index is 0.609. The van der Waals surface area contributed by atoms with Crippen LogP contribution in [0.15, 0.2) is 30.5 Å². The van der Waals surface area contributed by atoms with Crippen LogP contribution >= 0.6 is 0 Å². The van der Waals surface area contributed by atoms with E-state index in [0.717, 1.165) is 22.3 Å². The molecule has 1 aromatic carbocycles. The van der Waals surface area contributed by atoms with Crippen molar-refractivity contribution in [2.75, 3.05) is 45.9 Å². The van der Waals surface area contributed by atoms with Crippen LogP contribution in [0.4, 0.5) is 5.82 Å². The highest BCUT2D eigenvalue weighted by atomic mass is 16.5. The van der Waals surface area contributed by atoms with Gasteiger partial charge in [0.2, 0.25) is 0 Å². The Morgan fingerprint density at radius 2 is 2.00 bits per heavy atom. The van der Waals surface area contributed by atoms with Gasteiger partial charge in [0.05, 0.1) is 26.9 Å². The first-order valence-corrected chi connectivity index (χ1v) is 6.58. The maximum atomic E-state index is 5.41. The molecule has 0 fully saturated rings. The predicted octanol–water partition coefficient (Wildman–Crippen LogP) is 2.32. The number of methoxy groups -OCH3 is 2. The van der Waals surface area contributed by atoms with Gasteiger partial charge in [-0.15, -0.1) is 0 Å². The van der Waals surface area contributed by atoms with Crippen LogP contribution in [0.2, 0.25) is 0 Å². The van der Waals surface area contributed by atoms with Gasteiger partial charge in [0.15, 0.2) is 0 Å². The number of anilines is 1. The van der Waals surface area contributed by atoms with Crippen molar-refractivity contribution in [1.29, 1.82) is 0 Å². The number of ether oxygens (including phenoxy) is 3. The standard InChI is InChI=1S/C15H20N2O3/c1-18-9-10-20-8-7-17-15-14-4-3-13(19-2)11-12(14)5-6-16-15/h3-6,11H,7-10H2,1-2H3,(H,16,17). The highest BCUT2D eigenvalue weighted by Gasteiger charge is 2.03. The highest BCUT2D eigenvalue weighted by Crippen LogP contribution is 2.24. The second kappa shape index (κ2) is 7.67. The Morgan fingerprint density at radius 1 is 1.10 bits per heavy atom. The number of fused-ring (bicyclic) bond motifs is 1. The number of hydrogen-bond acceptors (Lipinski definition) is 5. The molecule has 2 aromatic rings. The number of hydrogen-bond donors (Lipinski definition) is 1. The fourth-order valence-corrected chi connectivity index (χ4v) is 1.91. The Balaban J connectivity index is 1.96. The first kappa shape index (κ1) is 14.6. The van der Waals surface area contributed by atoms with Crippen molar-refractivity contribution < 1.29 is 14.2 Å². The fourth-order valence-electron chi connectivity index (χ4n) is 1.91. The van der Waals surface area contributed by atoms with Gasteiger partial charge in [-0.2, -0.15) is 0 Å². The Morgan fingerprint density at radius 3 is 2.80 bits per heavy atom. The first-order valence-electron chi connectivity index (χ1n) is 6.58. The van der Waals surface area contributed by atoms with Gasteiger partial charge in [-0.25, -0.2) is 4.98 Å². The molecule has 0 unspecified atom stereocenters. The zero-order valence-corrected chi connectivity index (χ0v) is 11.9. The van der Waals surface area contributed by atoms with Crippen LogP contribution in [0.3, 0.4) is 0 Å². The van der Waals surface area contributed by atoms with Gasteiger partial charge in [-0.1, -0.05) is 0 Å². The van der Waals surface area contributed by atoms with Crippen LogP contribution in [0, 0.1) is 0 Å². The Kier molecular flexibility index (Phi) is 5.58. The Hall–Kier alpha value is -1.85. The molecule has 0 amide bonds. The van der Waals surface area contributed by atoms with E-state index in [2.05, 4.69) is 10.3 Å². The fraction of sp³-hybridized carbons (Fsp3) is 0.400. The van der Waals surface area contributed by atoms with Crippen LogP contribution in [0.25, 0.3) is 10.8 Å². The Labute approximate surface area is 118 Å². The molecule has 0 bridgehead atoms. The van der Waals surface area contributed by atoms with Crippen LogP contribution in [-0.4, -0.2) is 45.6 Å². The maximum Gasteiger partial charge on any atom is 0.133 e. The zero-order chi connectivity index (χ0) is 14.2. The normalized spacial score (nSPS) is 10.7. The minimum atomic E-state index is 0.609. The lowest BCUT2D eigenvalue weighted by atomic mass is 10.1. The summed E-state index contributed by atoms with van der Waals surface area (Å²) >= 11 is 0. The van der Waals surface area contributed by atoms with Crippen LogP contribution in [0.1, 0.15) is 0 Å². The molecule has 0 atom stereocenters. The third kappa shape index (κ3) is 3.82. The van der Waals surface area contributed by atoms with Gasteiger partial charge in [0, 0.05) is 25.2 Å². The van der Waals surface area contributed by atoms with E-state index in [9.17, 15) is 0 Å². The number of benzene rings is 1. The van der Waals surface area contributed by atoms with E-state index in [0.29, 0.717) is 26.4 Å². The molecule has 5 heteroatoms. The molecule has 5 nitrogen and oxygen atoms in total. The molecular formula is C15H20N2O3. The van der Waals surface area contributed by atoms with Crippen molar-refractivity contribution in [3.63, 3.8) is 0 Å². The van der Waals surface area contributed by atoms with E-state index < -0.39 is 0 Å². The van der Waals surface area contributed by atoms with E-state index in [-0.39, 0.29) is 0 Å². The smallest absolute Gasteiger partial charge is 0.133 e. The zero-order valence-electron chi connectivity index (χ0n) is 11.9. The maximum absolute atomic E-state index is 5.41. The van der Waals surface area contributed by atoms with E-state index in [1.54, 1.807) is 20.4 Å². The Bertz CT molecular complexity index is 546. The summed E-state index contributed by atoms with van der Waals surface area (Å²) in [6.45, 7) is 2.56. The molecular weight excluding hydrogens is 256 g/mol. The van der Waals surface area contributed by atoms with E-state index in [4.69, 9.17) is 14.2 Å². The molecule has 1 heterocycles. The molecule has 0 saturated heterocycles. The van der Waals surface area contributed by atoms with Crippen molar-refractivity contribution in [3.8, 4) is 5.75 Å². The lowest BCUT2D eigenvalue weighted by Crippen LogP contribution is -2.12. The SMILES string of the molecule is COCCOCCNc1nccc2cc(OC)ccc12. The highest BCUT2D eigenvalue weighted by molar-refractivity contribution is 5.92. The summed E-state index contributed by atoms with van der Waals surface area (Å²) in [4.78, 5) is 4.36. The summed E-state index contributed by atoms with van der Waals surface area (Å²) in [7, 11) is 3.33. The summed E-state index contributed by atoms with van der Waals surface area (Å²) in [5.74, 6) is 1.71. The molecule has 1 aromatic heterocycles. The largest absolute Gasteiger partial charge is 0.497 e. The van der Waals surface area contributed by atoms with Gasteiger partial charge in [-0.05, 0) is 29.7 Å². The molecule has 0 radical (unpaired) electrons. The molecule has 108 valence electrons. The number of aromatic nitrogens is 1. The molecule has 0 saturated carbocycles. The molecule has 0 aliphatic rings. The number of nitrogens with one attached hydrogen (secondary N) is 1. The van der Waals surface area contributed by atoms with Crippen LogP contribution in [0.5, 0.6) is 5.75 Å². The number of nitrogens with zero attached hydrogens (tertiary/aromatic N) is 1. The number of pyridine rings is 1. The molecule has 0 aliphatic heterocycles. The van der Waals surface area contributed by atoms with E-state index >= 15 is 0 Å². The third-order valence-electron chi connectivity index (χ3n) is 2.94. The summed E-state index contributed by atoms with van der Waals surface area (Å²) < 4.78 is 15.6. The lowest BCUT2D eigenvalue weighted by Gasteiger charge is -2.10. The third-order valence-corrected chi connectivity index (χ3v) is 2.94. The van der Waals surface area contributed by atoms with Gasteiger partial charge >= 0.3 is 0 Å². The second-order valence-electron chi connectivity index (χ2n) is 4.28.